The zero-order valence-corrected chi connectivity index (χ0v) is 13.3. The molecule has 0 spiro atoms. The molecule has 0 aliphatic rings. The van der Waals surface area contributed by atoms with Crippen LogP contribution in [-0.4, -0.2) is 35.1 Å². The maximum Gasteiger partial charge on any atom is 0.313 e. The van der Waals surface area contributed by atoms with Crippen LogP contribution >= 0.6 is 0 Å². The first-order chi connectivity index (χ1) is 11.7. The van der Waals surface area contributed by atoms with Crippen LogP contribution in [0.15, 0.2) is 54.9 Å². The molecule has 2 rings (SSSR count). The molecular formula is C18H21N3O3. The third-order valence-electron chi connectivity index (χ3n) is 3.65. The second-order valence-electron chi connectivity index (χ2n) is 5.36. The summed E-state index contributed by atoms with van der Waals surface area (Å²) in [5, 5.41) is 14.3. The molecule has 6 nitrogen and oxygen atoms in total. The second kappa shape index (κ2) is 9.42. The number of aliphatic hydroxyl groups excluding tert-OH is 1. The Kier molecular flexibility index (Phi) is 6.91. The van der Waals surface area contributed by atoms with E-state index in [2.05, 4.69) is 15.6 Å². The molecule has 0 saturated carbocycles. The Bertz CT molecular complexity index is 647. The molecule has 0 aliphatic carbocycles. The van der Waals surface area contributed by atoms with Crippen molar-refractivity contribution < 1.29 is 14.7 Å². The molecule has 0 radical (unpaired) electrons. The normalized spacial score (nSPS) is 11.5. The number of amides is 2. The van der Waals surface area contributed by atoms with E-state index in [-0.39, 0.29) is 12.5 Å². The SMILES string of the molecule is O=C(NCCC(CCO)c1ccccc1)C(=O)Nc1cccnc1. The smallest absolute Gasteiger partial charge is 0.313 e. The van der Waals surface area contributed by atoms with Crippen LogP contribution in [0.3, 0.4) is 0 Å². The predicted molar refractivity (Wildman–Crippen MR) is 91.4 cm³/mol. The number of carbonyl (C=O) groups is 2. The van der Waals surface area contributed by atoms with Crippen molar-refractivity contribution in [3.8, 4) is 0 Å². The molecule has 1 heterocycles. The molecule has 24 heavy (non-hydrogen) atoms. The highest BCUT2D eigenvalue weighted by molar-refractivity contribution is 6.39. The van der Waals surface area contributed by atoms with Crippen LogP contribution < -0.4 is 10.6 Å². The number of nitrogens with zero attached hydrogens (tertiary/aromatic N) is 1. The number of aromatic nitrogens is 1. The topological polar surface area (TPSA) is 91.3 Å². The Morgan fingerprint density at radius 2 is 1.83 bits per heavy atom. The zero-order chi connectivity index (χ0) is 17.2. The van der Waals surface area contributed by atoms with Gasteiger partial charge in [-0.3, -0.25) is 14.6 Å². The molecule has 2 aromatic rings. The molecular weight excluding hydrogens is 306 g/mol. The van der Waals surface area contributed by atoms with Crippen molar-refractivity contribution in [2.75, 3.05) is 18.5 Å². The van der Waals surface area contributed by atoms with Gasteiger partial charge in [0, 0.05) is 19.3 Å². The van der Waals surface area contributed by atoms with E-state index in [1.165, 1.54) is 6.20 Å². The molecule has 1 unspecified atom stereocenters. The predicted octanol–water partition coefficient (Wildman–Crippen LogP) is 1.69. The largest absolute Gasteiger partial charge is 0.396 e. The fraction of sp³-hybridized carbons (Fsp3) is 0.278. The Labute approximate surface area is 140 Å². The lowest BCUT2D eigenvalue weighted by molar-refractivity contribution is -0.136. The van der Waals surface area contributed by atoms with Crippen molar-refractivity contribution in [2.24, 2.45) is 0 Å². The molecule has 0 bridgehead atoms. The summed E-state index contributed by atoms with van der Waals surface area (Å²) in [6.07, 6.45) is 4.32. The Morgan fingerprint density at radius 3 is 2.50 bits per heavy atom. The highest BCUT2D eigenvalue weighted by atomic mass is 16.3. The van der Waals surface area contributed by atoms with Crippen molar-refractivity contribution in [2.45, 2.75) is 18.8 Å². The van der Waals surface area contributed by atoms with Crippen LogP contribution in [0.1, 0.15) is 24.3 Å². The Morgan fingerprint density at radius 1 is 1.04 bits per heavy atom. The number of nitrogens with one attached hydrogen (secondary N) is 2. The minimum absolute atomic E-state index is 0.0784. The van der Waals surface area contributed by atoms with E-state index in [9.17, 15) is 14.7 Å². The van der Waals surface area contributed by atoms with E-state index in [4.69, 9.17) is 0 Å². The molecule has 126 valence electrons. The van der Waals surface area contributed by atoms with E-state index in [0.29, 0.717) is 25.1 Å². The molecule has 1 atom stereocenters. The standard InChI is InChI=1S/C18H21N3O3/c22-12-9-15(14-5-2-1-3-6-14)8-11-20-17(23)18(24)21-16-7-4-10-19-13-16/h1-7,10,13,15,22H,8-9,11-12H2,(H,20,23)(H,21,24). The number of benzene rings is 1. The van der Waals surface area contributed by atoms with Gasteiger partial charge in [-0.1, -0.05) is 30.3 Å². The maximum atomic E-state index is 11.8. The van der Waals surface area contributed by atoms with Crippen LogP contribution in [0, 0.1) is 0 Å². The van der Waals surface area contributed by atoms with Gasteiger partial charge in [0.05, 0.1) is 11.9 Å². The number of pyridine rings is 1. The summed E-state index contributed by atoms with van der Waals surface area (Å²) in [5.74, 6) is -1.27. The van der Waals surface area contributed by atoms with Crippen molar-refractivity contribution in [3.05, 3.63) is 60.4 Å². The van der Waals surface area contributed by atoms with E-state index in [1.54, 1.807) is 18.3 Å². The summed E-state index contributed by atoms with van der Waals surface area (Å²) < 4.78 is 0. The molecule has 0 saturated heterocycles. The molecule has 1 aromatic carbocycles. The maximum absolute atomic E-state index is 11.8. The van der Waals surface area contributed by atoms with E-state index < -0.39 is 11.8 Å². The monoisotopic (exact) mass is 327 g/mol. The van der Waals surface area contributed by atoms with Gasteiger partial charge < -0.3 is 15.7 Å². The van der Waals surface area contributed by atoms with Gasteiger partial charge in [-0.15, -0.1) is 0 Å². The summed E-state index contributed by atoms with van der Waals surface area (Å²) in [7, 11) is 0. The number of aliphatic hydroxyl groups is 1. The quantitative estimate of drug-likeness (QED) is 0.675. The number of hydrogen-bond acceptors (Lipinski definition) is 4. The summed E-state index contributed by atoms with van der Waals surface area (Å²) in [5.41, 5.74) is 1.58. The minimum atomic E-state index is -0.721. The van der Waals surface area contributed by atoms with Gasteiger partial charge in [-0.2, -0.15) is 0 Å². The first kappa shape index (κ1) is 17.6. The third-order valence-corrected chi connectivity index (χ3v) is 3.65. The molecule has 0 fully saturated rings. The Hall–Kier alpha value is -2.73. The highest BCUT2D eigenvalue weighted by Crippen LogP contribution is 2.22. The average molecular weight is 327 g/mol. The molecule has 1 aromatic heterocycles. The summed E-state index contributed by atoms with van der Waals surface area (Å²) in [4.78, 5) is 27.5. The van der Waals surface area contributed by atoms with Gasteiger partial charge in [0.25, 0.3) is 0 Å². The van der Waals surface area contributed by atoms with Gasteiger partial charge in [0.15, 0.2) is 0 Å². The first-order valence-corrected chi connectivity index (χ1v) is 7.85. The van der Waals surface area contributed by atoms with E-state index >= 15 is 0 Å². The summed E-state index contributed by atoms with van der Waals surface area (Å²) in [6.45, 7) is 0.438. The van der Waals surface area contributed by atoms with Crippen molar-refractivity contribution in [3.63, 3.8) is 0 Å². The molecule has 0 aliphatic heterocycles. The Balaban J connectivity index is 1.81. The van der Waals surface area contributed by atoms with Crippen molar-refractivity contribution >= 4 is 17.5 Å². The lowest BCUT2D eigenvalue weighted by Gasteiger charge is -2.16. The van der Waals surface area contributed by atoms with Gasteiger partial charge in [-0.25, -0.2) is 0 Å². The lowest BCUT2D eigenvalue weighted by atomic mass is 9.93. The van der Waals surface area contributed by atoms with Crippen LogP contribution in [0.2, 0.25) is 0 Å². The zero-order valence-electron chi connectivity index (χ0n) is 13.3. The van der Waals surface area contributed by atoms with E-state index in [0.717, 1.165) is 5.56 Å². The molecule has 3 N–H and O–H groups in total. The fourth-order valence-corrected chi connectivity index (χ4v) is 2.42. The van der Waals surface area contributed by atoms with Gasteiger partial charge in [0.2, 0.25) is 0 Å². The summed E-state index contributed by atoms with van der Waals surface area (Å²) >= 11 is 0. The van der Waals surface area contributed by atoms with Crippen molar-refractivity contribution in [1.29, 1.82) is 0 Å². The minimum Gasteiger partial charge on any atom is -0.396 e. The number of carbonyl (C=O) groups excluding carboxylic acids is 2. The van der Waals surface area contributed by atoms with Crippen LogP contribution in [0.4, 0.5) is 5.69 Å². The summed E-state index contributed by atoms with van der Waals surface area (Å²) in [6, 6.07) is 13.1. The van der Waals surface area contributed by atoms with Crippen LogP contribution in [0.5, 0.6) is 0 Å². The first-order valence-electron chi connectivity index (χ1n) is 7.85. The fourth-order valence-electron chi connectivity index (χ4n) is 2.42. The van der Waals surface area contributed by atoms with Crippen LogP contribution in [0.25, 0.3) is 0 Å². The van der Waals surface area contributed by atoms with Crippen molar-refractivity contribution in [1.82, 2.24) is 10.3 Å². The van der Waals surface area contributed by atoms with Crippen LogP contribution in [-0.2, 0) is 9.59 Å². The number of rotatable bonds is 7. The number of anilines is 1. The molecule has 2 amide bonds. The number of hydrogen-bond donors (Lipinski definition) is 3. The lowest BCUT2D eigenvalue weighted by Crippen LogP contribution is -2.36. The van der Waals surface area contributed by atoms with E-state index in [1.807, 2.05) is 30.3 Å². The highest BCUT2D eigenvalue weighted by Gasteiger charge is 2.15. The second-order valence-corrected chi connectivity index (χ2v) is 5.36. The van der Waals surface area contributed by atoms with Gasteiger partial charge >= 0.3 is 11.8 Å². The average Bonchev–Trinajstić information content (AvgIpc) is 2.62. The third kappa shape index (κ3) is 5.48. The van der Waals surface area contributed by atoms with Gasteiger partial charge in [0.1, 0.15) is 0 Å². The molecule has 6 heteroatoms. The van der Waals surface area contributed by atoms with Gasteiger partial charge in [-0.05, 0) is 36.5 Å².